The molecule has 6 nitrogen and oxygen atoms in total. The average Bonchev–Trinajstić information content (AvgIpc) is 2.76. The van der Waals surface area contributed by atoms with Gasteiger partial charge in [-0.15, -0.1) is 0 Å². The molecular weight excluding hydrogens is 459 g/mol. The summed E-state index contributed by atoms with van der Waals surface area (Å²) >= 11 is 18.1. The Morgan fingerprint density at radius 3 is 2.52 bits per heavy atom. The summed E-state index contributed by atoms with van der Waals surface area (Å²) in [4.78, 5) is 20.0. The highest BCUT2D eigenvalue weighted by Gasteiger charge is 2.23. The molecule has 4 rings (SSSR count). The largest absolute Gasteiger partial charge is 0.382 e. The third-order valence-corrected chi connectivity index (χ3v) is 5.47. The second-order valence-corrected chi connectivity index (χ2v) is 7.88. The molecule has 31 heavy (non-hydrogen) atoms. The molecule has 0 aliphatic carbocycles. The minimum Gasteiger partial charge on any atom is -0.382 e. The Hall–Kier alpha value is -2.90. The Morgan fingerprint density at radius 1 is 1.00 bits per heavy atom. The Kier molecular flexibility index (Phi) is 6.25. The first kappa shape index (κ1) is 21.3. The van der Waals surface area contributed by atoms with Crippen molar-refractivity contribution in [2.24, 2.45) is 5.10 Å². The first-order chi connectivity index (χ1) is 14.9. The number of aromatic nitrogens is 2. The minimum atomic E-state index is -1.30. The number of rotatable bonds is 5. The van der Waals surface area contributed by atoms with E-state index in [1.807, 2.05) is 18.2 Å². The molecule has 3 N–H and O–H groups in total. The monoisotopic (exact) mass is 472 g/mol. The van der Waals surface area contributed by atoms with Crippen LogP contribution < -0.4 is 11.0 Å². The molecule has 1 aromatic heterocycles. The van der Waals surface area contributed by atoms with E-state index < -0.39 is 11.7 Å². The van der Waals surface area contributed by atoms with Crippen LogP contribution in [0.1, 0.15) is 17.4 Å². The van der Waals surface area contributed by atoms with Crippen LogP contribution in [-0.4, -0.2) is 20.8 Å². The van der Waals surface area contributed by atoms with Gasteiger partial charge in [0.15, 0.2) is 5.69 Å². The topological polar surface area (TPSA) is 90.4 Å². The Balaban J connectivity index is 1.84. The number of aliphatic hydroxyl groups excluding tert-OH is 1. The zero-order valence-electron chi connectivity index (χ0n) is 15.8. The van der Waals surface area contributed by atoms with Crippen molar-refractivity contribution < 1.29 is 5.11 Å². The molecule has 4 aromatic rings. The van der Waals surface area contributed by atoms with Crippen molar-refractivity contribution in [1.29, 1.82) is 0 Å². The SMILES string of the molecule is O=c1[nH]c2cc(Cl)ccc2nc1/C(=N/Nc1ccccc1)C(O)c1ccc(Cl)c(Cl)c1. The second-order valence-electron chi connectivity index (χ2n) is 6.63. The number of nitrogens with zero attached hydrogens (tertiary/aromatic N) is 2. The van der Waals surface area contributed by atoms with Crippen molar-refractivity contribution >= 4 is 57.2 Å². The summed E-state index contributed by atoms with van der Waals surface area (Å²) in [5.41, 5.74) is 4.34. The molecule has 156 valence electrons. The molecule has 0 saturated carbocycles. The molecule has 0 aliphatic heterocycles. The van der Waals surface area contributed by atoms with Crippen molar-refractivity contribution in [3.05, 3.63) is 103 Å². The maximum absolute atomic E-state index is 12.8. The Bertz CT molecular complexity index is 1340. The van der Waals surface area contributed by atoms with Gasteiger partial charge in [0.2, 0.25) is 0 Å². The van der Waals surface area contributed by atoms with Crippen LogP contribution in [0.15, 0.2) is 76.6 Å². The number of anilines is 1. The van der Waals surface area contributed by atoms with E-state index >= 15 is 0 Å². The summed E-state index contributed by atoms with van der Waals surface area (Å²) < 4.78 is 0. The number of aliphatic hydroxyl groups is 1. The fourth-order valence-corrected chi connectivity index (χ4v) is 3.43. The van der Waals surface area contributed by atoms with Gasteiger partial charge < -0.3 is 10.1 Å². The molecule has 0 fully saturated rings. The highest BCUT2D eigenvalue weighted by Crippen LogP contribution is 2.27. The molecule has 0 aliphatic rings. The van der Waals surface area contributed by atoms with Crippen LogP contribution in [0.5, 0.6) is 0 Å². The molecule has 1 atom stereocenters. The first-order valence-corrected chi connectivity index (χ1v) is 10.3. The standard InChI is InChI=1S/C22H15Cl3N4O2/c23-13-7-9-17-18(11-13)27-22(31)20(26-17)19(29-28-14-4-2-1-3-5-14)21(30)12-6-8-15(24)16(25)10-12/h1-11,21,28,30H,(H,27,31)/b29-19-. The van der Waals surface area contributed by atoms with E-state index in [0.29, 0.717) is 32.3 Å². The van der Waals surface area contributed by atoms with E-state index in [1.165, 1.54) is 6.07 Å². The zero-order valence-corrected chi connectivity index (χ0v) is 18.1. The molecule has 0 amide bonds. The molecular formula is C22H15Cl3N4O2. The predicted molar refractivity (Wildman–Crippen MR) is 125 cm³/mol. The van der Waals surface area contributed by atoms with Crippen molar-refractivity contribution in [2.75, 3.05) is 5.43 Å². The summed E-state index contributed by atoms with van der Waals surface area (Å²) in [7, 11) is 0. The van der Waals surface area contributed by atoms with E-state index in [4.69, 9.17) is 34.8 Å². The number of aromatic amines is 1. The quantitative estimate of drug-likeness (QED) is 0.266. The van der Waals surface area contributed by atoms with E-state index in [2.05, 4.69) is 20.5 Å². The van der Waals surface area contributed by atoms with Crippen LogP contribution in [0.4, 0.5) is 5.69 Å². The number of H-pyrrole nitrogens is 1. The van der Waals surface area contributed by atoms with E-state index in [1.54, 1.807) is 42.5 Å². The molecule has 1 heterocycles. The Labute approximate surface area is 192 Å². The number of nitrogens with one attached hydrogen (secondary N) is 2. The average molecular weight is 474 g/mol. The highest BCUT2D eigenvalue weighted by molar-refractivity contribution is 6.42. The first-order valence-electron chi connectivity index (χ1n) is 9.14. The highest BCUT2D eigenvalue weighted by atomic mass is 35.5. The van der Waals surface area contributed by atoms with Gasteiger partial charge in [0.25, 0.3) is 5.56 Å². The lowest BCUT2D eigenvalue weighted by Crippen LogP contribution is -2.26. The Morgan fingerprint density at radius 2 is 1.77 bits per heavy atom. The zero-order chi connectivity index (χ0) is 22.0. The van der Waals surface area contributed by atoms with Gasteiger partial charge in [-0.05, 0) is 48.0 Å². The van der Waals surface area contributed by atoms with Gasteiger partial charge in [0.05, 0.1) is 26.8 Å². The number of hydrazone groups is 1. The van der Waals surface area contributed by atoms with Gasteiger partial charge in [0.1, 0.15) is 11.8 Å². The maximum Gasteiger partial charge on any atom is 0.276 e. The smallest absolute Gasteiger partial charge is 0.276 e. The van der Waals surface area contributed by atoms with Crippen LogP contribution in [0.2, 0.25) is 15.1 Å². The number of benzene rings is 3. The molecule has 0 spiro atoms. The van der Waals surface area contributed by atoms with Gasteiger partial charge in [0, 0.05) is 5.02 Å². The molecule has 0 saturated heterocycles. The van der Waals surface area contributed by atoms with Gasteiger partial charge in [-0.2, -0.15) is 5.10 Å². The molecule has 3 aromatic carbocycles. The van der Waals surface area contributed by atoms with Gasteiger partial charge in [-0.1, -0.05) is 59.1 Å². The fourth-order valence-electron chi connectivity index (χ4n) is 2.95. The number of hydrogen-bond donors (Lipinski definition) is 3. The number of halogens is 3. The third kappa shape index (κ3) is 4.73. The summed E-state index contributed by atoms with van der Waals surface area (Å²) in [5, 5.41) is 16.5. The van der Waals surface area contributed by atoms with Gasteiger partial charge in [-0.25, -0.2) is 4.98 Å². The van der Waals surface area contributed by atoms with E-state index in [0.717, 1.165) is 0 Å². The molecule has 1 unspecified atom stereocenters. The molecule has 0 bridgehead atoms. The third-order valence-electron chi connectivity index (χ3n) is 4.49. The van der Waals surface area contributed by atoms with Crippen LogP contribution in [0.25, 0.3) is 11.0 Å². The lowest BCUT2D eigenvalue weighted by molar-refractivity contribution is 0.247. The number of fused-ring (bicyclic) bond motifs is 1. The lowest BCUT2D eigenvalue weighted by Gasteiger charge is -2.15. The minimum absolute atomic E-state index is 0.0142. The number of hydrogen-bond acceptors (Lipinski definition) is 5. The summed E-state index contributed by atoms with van der Waals surface area (Å²) in [6, 6.07) is 18.7. The van der Waals surface area contributed by atoms with E-state index in [-0.39, 0.29) is 16.4 Å². The lowest BCUT2D eigenvalue weighted by atomic mass is 10.0. The van der Waals surface area contributed by atoms with Crippen molar-refractivity contribution in [3.8, 4) is 0 Å². The number of para-hydroxylation sites is 1. The van der Waals surface area contributed by atoms with Crippen LogP contribution in [0, 0.1) is 0 Å². The second kappa shape index (κ2) is 9.08. The van der Waals surface area contributed by atoms with Crippen LogP contribution in [0.3, 0.4) is 0 Å². The summed E-state index contributed by atoms with van der Waals surface area (Å²) in [5.74, 6) is 0. The van der Waals surface area contributed by atoms with Crippen molar-refractivity contribution in [2.45, 2.75) is 6.10 Å². The van der Waals surface area contributed by atoms with Gasteiger partial charge in [-0.3, -0.25) is 10.2 Å². The normalized spacial score (nSPS) is 12.7. The molecule has 9 heteroatoms. The fraction of sp³-hybridized carbons (Fsp3) is 0.0455. The van der Waals surface area contributed by atoms with E-state index in [9.17, 15) is 9.90 Å². The predicted octanol–water partition coefficient (Wildman–Crippen LogP) is 5.43. The summed E-state index contributed by atoms with van der Waals surface area (Å²) in [6.07, 6.45) is -1.30. The van der Waals surface area contributed by atoms with Gasteiger partial charge >= 0.3 is 0 Å². The summed E-state index contributed by atoms with van der Waals surface area (Å²) in [6.45, 7) is 0. The van der Waals surface area contributed by atoms with Crippen LogP contribution in [-0.2, 0) is 0 Å². The maximum atomic E-state index is 12.8. The molecule has 0 radical (unpaired) electrons. The van der Waals surface area contributed by atoms with Crippen LogP contribution >= 0.6 is 34.8 Å². The van der Waals surface area contributed by atoms with Crippen molar-refractivity contribution in [1.82, 2.24) is 9.97 Å². The van der Waals surface area contributed by atoms with Crippen molar-refractivity contribution in [3.63, 3.8) is 0 Å².